The van der Waals surface area contributed by atoms with E-state index in [1.54, 1.807) is 0 Å². The summed E-state index contributed by atoms with van der Waals surface area (Å²) in [7, 11) is 0. The van der Waals surface area contributed by atoms with Gasteiger partial charge in [-0.15, -0.1) is 0 Å². The molecule has 2 N–H and O–H groups in total. The summed E-state index contributed by atoms with van der Waals surface area (Å²) in [4.78, 5) is 0. The minimum absolute atomic E-state index is 0.560. The highest BCUT2D eigenvalue weighted by atomic mass is 16.3. The van der Waals surface area contributed by atoms with Crippen molar-refractivity contribution in [1.29, 1.82) is 0 Å². The van der Waals surface area contributed by atoms with Crippen LogP contribution in [0.5, 0.6) is 0 Å². The highest BCUT2D eigenvalue weighted by molar-refractivity contribution is 5.54. The zero-order valence-electron chi connectivity index (χ0n) is 11.7. The Morgan fingerprint density at radius 1 is 1.11 bits per heavy atom. The summed E-state index contributed by atoms with van der Waals surface area (Å²) in [5.74, 6) is 0.868. The Bertz CT molecular complexity index is 386. The van der Waals surface area contributed by atoms with Gasteiger partial charge in [0.1, 0.15) is 0 Å². The number of rotatable bonds is 3. The predicted molar refractivity (Wildman–Crippen MR) is 76.7 cm³/mol. The third-order valence-corrected chi connectivity index (χ3v) is 3.96. The van der Waals surface area contributed by atoms with Crippen LogP contribution >= 0.6 is 0 Å². The lowest BCUT2D eigenvalue weighted by atomic mass is 9.87. The second kappa shape index (κ2) is 5.31. The van der Waals surface area contributed by atoms with E-state index in [1.165, 1.54) is 25.7 Å². The van der Waals surface area contributed by atoms with E-state index in [9.17, 15) is 5.11 Å². The molecule has 0 amide bonds. The molecule has 18 heavy (non-hydrogen) atoms. The van der Waals surface area contributed by atoms with E-state index in [1.807, 2.05) is 32.0 Å². The topological polar surface area (TPSA) is 32.3 Å². The molecule has 0 unspecified atom stereocenters. The summed E-state index contributed by atoms with van der Waals surface area (Å²) in [6, 6.07) is 8.66. The van der Waals surface area contributed by atoms with Gasteiger partial charge in [0.15, 0.2) is 0 Å². The van der Waals surface area contributed by atoms with E-state index in [4.69, 9.17) is 0 Å². The molecule has 0 aliphatic heterocycles. The summed E-state index contributed by atoms with van der Waals surface area (Å²) >= 11 is 0. The number of nitrogens with one attached hydrogen (secondary N) is 1. The lowest BCUT2D eigenvalue weighted by Gasteiger charge is -2.30. The maximum absolute atomic E-state index is 10.2. The third kappa shape index (κ3) is 3.26. The number of anilines is 1. The average Bonchev–Trinajstić information content (AvgIpc) is 2.31. The first kappa shape index (κ1) is 13.4. The van der Waals surface area contributed by atoms with Crippen LogP contribution in [0.4, 0.5) is 5.69 Å². The summed E-state index contributed by atoms with van der Waals surface area (Å²) in [6.45, 7) is 6.02. The molecule has 2 nitrogen and oxygen atoms in total. The van der Waals surface area contributed by atoms with Crippen LogP contribution in [-0.4, -0.2) is 11.1 Å². The average molecular weight is 247 g/mol. The van der Waals surface area contributed by atoms with E-state index in [0.717, 1.165) is 17.2 Å². The van der Waals surface area contributed by atoms with Crippen molar-refractivity contribution in [3.8, 4) is 0 Å². The molecule has 0 heterocycles. The van der Waals surface area contributed by atoms with Crippen LogP contribution in [0.15, 0.2) is 24.3 Å². The van der Waals surface area contributed by atoms with Crippen molar-refractivity contribution in [2.75, 3.05) is 5.32 Å². The molecule has 100 valence electrons. The van der Waals surface area contributed by atoms with Crippen molar-refractivity contribution in [3.05, 3.63) is 29.8 Å². The van der Waals surface area contributed by atoms with E-state index in [2.05, 4.69) is 18.3 Å². The lowest BCUT2D eigenvalue weighted by molar-refractivity contribution is 0.0792. The van der Waals surface area contributed by atoms with Gasteiger partial charge in [0.25, 0.3) is 0 Å². The Hall–Kier alpha value is -1.02. The molecule has 0 bridgehead atoms. The van der Waals surface area contributed by atoms with Gasteiger partial charge in [0.2, 0.25) is 0 Å². The van der Waals surface area contributed by atoms with Crippen molar-refractivity contribution in [3.63, 3.8) is 0 Å². The predicted octanol–water partition coefficient (Wildman–Crippen LogP) is 3.90. The Morgan fingerprint density at radius 2 is 1.72 bits per heavy atom. The first-order valence-electron chi connectivity index (χ1n) is 7.05. The zero-order chi connectivity index (χ0) is 13.2. The molecule has 0 radical (unpaired) electrons. The normalized spacial score (nSPS) is 24.9. The molecule has 1 saturated carbocycles. The highest BCUT2D eigenvalue weighted by Gasteiger charge is 2.23. The quantitative estimate of drug-likeness (QED) is 0.849. The Morgan fingerprint density at radius 3 is 2.33 bits per heavy atom. The summed E-state index contributed by atoms with van der Waals surface area (Å²) in [6.07, 6.45) is 5.09. The van der Waals surface area contributed by atoms with Gasteiger partial charge in [-0.05, 0) is 51.5 Å². The fraction of sp³-hybridized carbons (Fsp3) is 0.625. The summed E-state index contributed by atoms with van der Waals surface area (Å²) < 4.78 is 0. The van der Waals surface area contributed by atoms with Crippen molar-refractivity contribution >= 4 is 5.69 Å². The molecule has 0 atom stereocenters. The Labute approximate surface area is 110 Å². The van der Waals surface area contributed by atoms with Crippen LogP contribution in [0.25, 0.3) is 0 Å². The number of hydrogen-bond donors (Lipinski definition) is 2. The molecule has 0 saturated heterocycles. The van der Waals surface area contributed by atoms with Crippen molar-refractivity contribution in [2.45, 2.75) is 58.1 Å². The van der Waals surface area contributed by atoms with E-state index >= 15 is 0 Å². The molecule has 0 aromatic heterocycles. The van der Waals surface area contributed by atoms with Gasteiger partial charge in [-0.1, -0.05) is 25.1 Å². The Kier molecular flexibility index (Phi) is 3.96. The second-order valence-corrected chi connectivity index (χ2v) is 6.21. The zero-order valence-corrected chi connectivity index (χ0v) is 11.7. The molecule has 1 aromatic carbocycles. The van der Waals surface area contributed by atoms with Gasteiger partial charge in [-0.3, -0.25) is 0 Å². The van der Waals surface area contributed by atoms with Gasteiger partial charge in [-0.25, -0.2) is 0 Å². The smallest absolute Gasteiger partial charge is 0.0860 e. The first-order chi connectivity index (χ1) is 8.47. The van der Waals surface area contributed by atoms with E-state index < -0.39 is 5.60 Å². The minimum atomic E-state index is -0.786. The number of aliphatic hydroxyl groups is 1. The number of benzene rings is 1. The minimum Gasteiger partial charge on any atom is -0.386 e. The van der Waals surface area contributed by atoms with Crippen molar-refractivity contribution < 1.29 is 5.11 Å². The van der Waals surface area contributed by atoms with E-state index in [-0.39, 0.29) is 0 Å². The maximum atomic E-state index is 10.2. The molecule has 1 fully saturated rings. The van der Waals surface area contributed by atoms with Crippen LogP contribution in [0.3, 0.4) is 0 Å². The van der Waals surface area contributed by atoms with Gasteiger partial charge >= 0.3 is 0 Å². The molecule has 2 heteroatoms. The van der Waals surface area contributed by atoms with Crippen LogP contribution in [0.1, 0.15) is 52.0 Å². The largest absolute Gasteiger partial charge is 0.386 e. The van der Waals surface area contributed by atoms with Crippen molar-refractivity contribution in [1.82, 2.24) is 0 Å². The maximum Gasteiger partial charge on any atom is 0.0860 e. The fourth-order valence-electron chi connectivity index (χ4n) is 2.77. The van der Waals surface area contributed by atoms with E-state index in [0.29, 0.717) is 6.04 Å². The van der Waals surface area contributed by atoms with Gasteiger partial charge in [0.05, 0.1) is 5.60 Å². The lowest BCUT2D eigenvalue weighted by Crippen LogP contribution is -2.27. The number of hydrogen-bond acceptors (Lipinski definition) is 2. The van der Waals surface area contributed by atoms with Gasteiger partial charge in [0, 0.05) is 17.3 Å². The summed E-state index contributed by atoms with van der Waals surface area (Å²) in [5, 5.41) is 13.8. The first-order valence-corrected chi connectivity index (χ1v) is 7.05. The molecule has 2 rings (SSSR count). The highest BCUT2D eigenvalue weighted by Crippen LogP contribution is 2.31. The van der Waals surface area contributed by atoms with Gasteiger partial charge in [-0.2, -0.15) is 0 Å². The molecule has 1 aliphatic rings. The molecule has 1 aromatic rings. The Balaban J connectivity index is 2.10. The molecule has 0 spiro atoms. The molecular formula is C16H25NO. The van der Waals surface area contributed by atoms with Crippen LogP contribution in [-0.2, 0) is 5.60 Å². The number of para-hydroxylation sites is 1. The SMILES string of the molecule is CC1CCC(Nc2ccccc2C(C)(C)O)CC1. The summed E-state index contributed by atoms with van der Waals surface area (Å²) in [5.41, 5.74) is 1.29. The van der Waals surface area contributed by atoms with Crippen LogP contribution in [0, 0.1) is 5.92 Å². The monoisotopic (exact) mass is 247 g/mol. The van der Waals surface area contributed by atoms with Crippen LogP contribution in [0.2, 0.25) is 0 Å². The fourth-order valence-corrected chi connectivity index (χ4v) is 2.77. The molecule has 1 aliphatic carbocycles. The van der Waals surface area contributed by atoms with Crippen LogP contribution < -0.4 is 5.32 Å². The molecular weight excluding hydrogens is 222 g/mol. The standard InChI is InChI=1S/C16H25NO/c1-12-8-10-13(11-9-12)17-15-7-5-4-6-14(15)16(2,3)18/h4-7,12-13,17-18H,8-11H2,1-3H3. The second-order valence-electron chi connectivity index (χ2n) is 6.21. The van der Waals surface area contributed by atoms with Gasteiger partial charge < -0.3 is 10.4 Å². The third-order valence-electron chi connectivity index (χ3n) is 3.96. The van der Waals surface area contributed by atoms with Crippen molar-refractivity contribution in [2.24, 2.45) is 5.92 Å².